The summed E-state index contributed by atoms with van der Waals surface area (Å²) in [6, 6.07) is 13.1. The van der Waals surface area contributed by atoms with Crippen LogP contribution in [0.1, 0.15) is 55.3 Å². The van der Waals surface area contributed by atoms with Crippen LogP contribution in [0, 0.1) is 0 Å². The Hall–Kier alpha value is -3.68. The van der Waals surface area contributed by atoms with Crippen LogP contribution in [-0.2, 0) is 9.53 Å². The summed E-state index contributed by atoms with van der Waals surface area (Å²) in [7, 11) is 1.54. The number of esters is 1. The molecule has 0 aliphatic carbocycles. The monoisotopic (exact) mass is 437 g/mol. The lowest BCUT2D eigenvalue weighted by Gasteiger charge is -2.20. The van der Waals surface area contributed by atoms with Gasteiger partial charge in [0.05, 0.1) is 37.6 Å². The Kier molecular flexibility index (Phi) is 7.25. The molecule has 3 aromatic rings. The van der Waals surface area contributed by atoms with Crippen LogP contribution in [0.2, 0.25) is 0 Å². The van der Waals surface area contributed by atoms with Crippen LogP contribution in [0.3, 0.4) is 0 Å². The van der Waals surface area contributed by atoms with E-state index >= 15 is 0 Å². The lowest BCUT2D eigenvalue weighted by Crippen LogP contribution is -2.34. The summed E-state index contributed by atoms with van der Waals surface area (Å²) >= 11 is 0. The SMILES string of the molecule is CCOC(=O)CC(NC(=O)c1nn(C(C)C)c(=O)c2ccccc12)c1cccc(OC)c1. The van der Waals surface area contributed by atoms with Crippen molar-refractivity contribution in [1.29, 1.82) is 0 Å². The van der Waals surface area contributed by atoms with Gasteiger partial charge in [-0.3, -0.25) is 14.4 Å². The number of carbonyl (C=O) groups excluding carboxylic acids is 2. The first kappa shape index (κ1) is 23.0. The van der Waals surface area contributed by atoms with E-state index in [9.17, 15) is 14.4 Å². The average Bonchev–Trinajstić information content (AvgIpc) is 2.79. The van der Waals surface area contributed by atoms with Gasteiger partial charge in [0.25, 0.3) is 11.5 Å². The number of nitrogens with one attached hydrogen (secondary N) is 1. The van der Waals surface area contributed by atoms with Gasteiger partial charge in [-0.2, -0.15) is 5.10 Å². The molecule has 0 aliphatic rings. The summed E-state index contributed by atoms with van der Waals surface area (Å²) in [5.74, 6) is -0.333. The number of carbonyl (C=O) groups is 2. The normalized spacial score (nSPS) is 11.9. The second-order valence-corrected chi connectivity index (χ2v) is 7.55. The van der Waals surface area contributed by atoms with E-state index < -0.39 is 17.9 Å². The maximum absolute atomic E-state index is 13.3. The fraction of sp³-hybridized carbons (Fsp3) is 0.333. The van der Waals surface area contributed by atoms with Gasteiger partial charge in [0.1, 0.15) is 5.75 Å². The highest BCUT2D eigenvalue weighted by atomic mass is 16.5. The summed E-state index contributed by atoms with van der Waals surface area (Å²) in [4.78, 5) is 38.4. The Morgan fingerprint density at radius 2 is 1.81 bits per heavy atom. The summed E-state index contributed by atoms with van der Waals surface area (Å²) in [6.07, 6.45) is -0.0610. The molecule has 168 valence electrons. The third-order valence-corrected chi connectivity index (χ3v) is 5.01. The molecule has 8 nitrogen and oxygen atoms in total. The van der Waals surface area contributed by atoms with Crippen molar-refractivity contribution in [2.45, 2.75) is 39.3 Å². The number of benzene rings is 2. The maximum Gasteiger partial charge on any atom is 0.308 e. The van der Waals surface area contributed by atoms with Crippen LogP contribution in [0.25, 0.3) is 10.8 Å². The van der Waals surface area contributed by atoms with Crippen molar-refractivity contribution in [2.75, 3.05) is 13.7 Å². The molecular formula is C24H27N3O5. The number of amides is 1. The summed E-state index contributed by atoms with van der Waals surface area (Å²) < 4.78 is 11.7. The van der Waals surface area contributed by atoms with Gasteiger partial charge >= 0.3 is 5.97 Å². The Balaban J connectivity index is 2.04. The Morgan fingerprint density at radius 1 is 1.09 bits per heavy atom. The van der Waals surface area contributed by atoms with E-state index in [1.807, 2.05) is 13.8 Å². The van der Waals surface area contributed by atoms with Crippen molar-refractivity contribution in [3.05, 3.63) is 70.1 Å². The fourth-order valence-electron chi connectivity index (χ4n) is 3.45. The van der Waals surface area contributed by atoms with Crippen molar-refractivity contribution < 1.29 is 19.1 Å². The molecule has 1 N–H and O–H groups in total. The second kappa shape index (κ2) is 10.1. The molecule has 32 heavy (non-hydrogen) atoms. The lowest BCUT2D eigenvalue weighted by molar-refractivity contribution is -0.143. The molecule has 1 unspecified atom stereocenters. The van der Waals surface area contributed by atoms with Gasteiger partial charge in [-0.15, -0.1) is 0 Å². The molecule has 3 rings (SSSR count). The minimum absolute atomic E-state index is 0.0610. The van der Waals surface area contributed by atoms with Crippen LogP contribution in [0.15, 0.2) is 53.3 Å². The Morgan fingerprint density at radius 3 is 2.47 bits per heavy atom. The first-order chi connectivity index (χ1) is 15.3. The average molecular weight is 437 g/mol. The molecule has 0 spiro atoms. The third kappa shape index (κ3) is 4.96. The Bertz CT molecular complexity index is 1190. The van der Waals surface area contributed by atoms with Gasteiger partial charge in [0, 0.05) is 5.39 Å². The molecule has 2 aromatic carbocycles. The minimum Gasteiger partial charge on any atom is -0.497 e. The van der Waals surface area contributed by atoms with E-state index in [1.54, 1.807) is 62.6 Å². The molecular weight excluding hydrogens is 410 g/mol. The summed E-state index contributed by atoms with van der Waals surface area (Å²) in [6.45, 7) is 5.61. The zero-order valence-electron chi connectivity index (χ0n) is 18.6. The maximum atomic E-state index is 13.3. The number of rotatable bonds is 8. The molecule has 1 atom stereocenters. The highest BCUT2D eigenvalue weighted by Gasteiger charge is 2.24. The van der Waals surface area contributed by atoms with Crippen molar-refractivity contribution in [1.82, 2.24) is 15.1 Å². The Labute approximate surface area is 186 Å². The van der Waals surface area contributed by atoms with Crippen LogP contribution in [0.4, 0.5) is 0 Å². The number of ether oxygens (including phenoxy) is 2. The molecule has 0 saturated heterocycles. The first-order valence-corrected chi connectivity index (χ1v) is 10.5. The van der Waals surface area contributed by atoms with Gasteiger partial charge < -0.3 is 14.8 Å². The van der Waals surface area contributed by atoms with Crippen LogP contribution >= 0.6 is 0 Å². The van der Waals surface area contributed by atoms with E-state index in [0.717, 1.165) is 0 Å². The highest BCUT2D eigenvalue weighted by Crippen LogP contribution is 2.23. The van der Waals surface area contributed by atoms with E-state index in [4.69, 9.17) is 9.47 Å². The molecule has 0 radical (unpaired) electrons. The largest absolute Gasteiger partial charge is 0.497 e. The molecule has 0 bridgehead atoms. The lowest BCUT2D eigenvalue weighted by atomic mass is 10.0. The first-order valence-electron chi connectivity index (χ1n) is 10.5. The van der Waals surface area contributed by atoms with Gasteiger partial charge in [0.2, 0.25) is 0 Å². The van der Waals surface area contributed by atoms with Gasteiger partial charge in [0.15, 0.2) is 5.69 Å². The van der Waals surface area contributed by atoms with Crippen molar-refractivity contribution in [2.24, 2.45) is 0 Å². The standard InChI is InChI=1S/C24H27N3O5/c1-5-32-21(28)14-20(16-9-8-10-17(13-16)31-4)25-23(29)22-18-11-6-7-12-19(18)24(30)27(26-22)15(2)3/h6-13,15,20H,5,14H2,1-4H3,(H,25,29). The van der Waals surface area contributed by atoms with Crippen molar-refractivity contribution in [3.8, 4) is 5.75 Å². The van der Waals surface area contributed by atoms with E-state index in [0.29, 0.717) is 22.1 Å². The highest BCUT2D eigenvalue weighted by molar-refractivity contribution is 6.05. The number of fused-ring (bicyclic) bond motifs is 1. The van der Waals surface area contributed by atoms with Crippen LogP contribution < -0.4 is 15.6 Å². The third-order valence-electron chi connectivity index (χ3n) is 5.01. The molecule has 0 fully saturated rings. The number of aromatic nitrogens is 2. The van der Waals surface area contributed by atoms with Crippen molar-refractivity contribution >= 4 is 22.6 Å². The smallest absolute Gasteiger partial charge is 0.308 e. The molecule has 8 heteroatoms. The predicted octanol–water partition coefficient (Wildman–Crippen LogP) is 3.41. The second-order valence-electron chi connectivity index (χ2n) is 7.55. The molecule has 1 aromatic heterocycles. The molecule has 0 aliphatic heterocycles. The summed E-state index contributed by atoms with van der Waals surface area (Å²) in [5, 5.41) is 8.10. The van der Waals surface area contributed by atoms with Crippen molar-refractivity contribution in [3.63, 3.8) is 0 Å². The zero-order valence-corrected chi connectivity index (χ0v) is 18.6. The molecule has 1 heterocycles. The molecule has 1 amide bonds. The summed E-state index contributed by atoms with van der Waals surface area (Å²) in [5.41, 5.74) is 0.543. The van der Waals surface area contributed by atoms with E-state index in [2.05, 4.69) is 10.4 Å². The topological polar surface area (TPSA) is 99.5 Å². The van der Waals surface area contributed by atoms with E-state index in [-0.39, 0.29) is 30.3 Å². The van der Waals surface area contributed by atoms with Gasteiger partial charge in [-0.1, -0.05) is 30.3 Å². The minimum atomic E-state index is -0.670. The predicted molar refractivity (Wildman–Crippen MR) is 121 cm³/mol. The van der Waals surface area contributed by atoms with Gasteiger partial charge in [-0.25, -0.2) is 4.68 Å². The van der Waals surface area contributed by atoms with Crippen LogP contribution in [0.5, 0.6) is 5.75 Å². The zero-order chi connectivity index (χ0) is 23.3. The number of hydrogen-bond acceptors (Lipinski definition) is 6. The molecule has 0 saturated carbocycles. The fourth-order valence-corrected chi connectivity index (χ4v) is 3.45. The quantitative estimate of drug-likeness (QED) is 0.542. The van der Waals surface area contributed by atoms with Crippen LogP contribution in [-0.4, -0.2) is 35.4 Å². The van der Waals surface area contributed by atoms with Gasteiger partial charge in [-0.05, 0) is 44.5 Å². The number of nitrogens with zero attached hydrogens (tertiary/aromatic N) is 2. The number of methoxy groups -OCH3 is 1. The number of hydrogen-bond donors (Lipinski definition) is 1. The van der Waals surface area contributed by atoms with E-state index in [1.165, 1.54) is 4.68 Å².